The van der Waals surface area contributed by atoms with E-state index in [1.165, 1.54) is 41.3 Å². The van der Waals surface area contributed by atoms with Crippen molar-refractivity contribution in [3.8, 4) is 0 Å². The number of hydrogen-bond acceptors (Lipinski definition) is 5. The SMILES string of the molecule is C[C@@H](c1ccc(S(C)(=O)=O)cc1)N(C)C(=O)c1ccc(S(C)(=O)=O)cc1. The molecule has 0 aliphatic carbocycles. The summed E-state index contributed by atoms with van der Waals surface area (Å²) in [4.78, 5) is 14.5. The first kappa shape index (κ1) is 20.1. The molecule has 0 aromatic heterocycles. The first-order chi connectivity index (χ1) is 11.9. The van der Waals surface area contributed by atoms with Crippen LogP contribution in [0.3, 0.4) is 0 Å². The van der Waals surface area contributed by atoms with E-state index in [4.69, 9.17) is 0 Å². The van der Waals surface area contributed by atoms with Crippen molar-refractivity contribution in [2.45, 2.75) is 22.8 Å². The van der Waals surface area contributed by atoms with Gasteiger partial charge in [-0.2, -0.15) is 0 Å². The Morgan fingerprint density at radius 2 is 1.19 bits per heavy atom. The molecule has 0 N–H and O–H groups in total. The van der Waals surface area contributed by atoms with Crippen molar-refractivity contribution in [1.29, 1.82) is 0 Å². The Hall–Kier alpha value is -2.19. The maximum absolute atomic E-state index is 12.6. The number of sulfone groups is 2. The Balaban J connectivity index is 2.21. The van der Waals surface area contributed by atoms with Gasteiger partial charge in [0.05, 0.1) is 15.8 Å². The molecule has 0 saturated heterocycles. The number of rotatable bonds is 5. The van der Waals surface area contributed by atoms with Gasteiger partial charge in [0, 0.05) is 25.1 Å². The molecule has 2 aromatic carbocycles. The van der Waals surface area contributed by atoms with Gasteiger partial charge in [-0.15, -0.1) is 0 Å². The summed E-state index contributed by atoms with van der Waals surface area (Å²) in [7, 11) is -4.94. The monoisotopic (exact) mass is 395 g/mol. The molecular weight excluding hydrogens is 374 g/mol. The predicted octanol–water partition coefficient (Wildman–Crippen LogP) is 2.33. The van der Waals surface area contributed by atoms with E-state index >= 15 is 0 Å². The number of carbonyl (C=O) groups is 1. The second kappa shape index (κ2) is 7.20. The maximum Gasteiger partial charge on any atom is 0.254 e. The van der Waals surface area contributed by atoms with E-state index in [2.05, 4.69) is 0 Å². The van der Waals surface area contributed by atoms with Gasteiger partial charge in [-0.1, -0.05) is 12.1 Å². The molecule has 2 rings (SSSR count). The van der Waals surface area contributed by atoms with Crippen LogP contribution in [0.25, 0.3) is 0 Å². The lowest BCUT2D eigenvalue weighted by Gasteiger charge is -2.25. The van der Waals surface area contributed by atoms with Crippen molar-refractivity contribution in [1.82, 2.24) is 4.90 Å². The molecule has 0 radical (unpaired) electrons. The quantitative estimate of drug-likeness (QED) is 0.775. The summed E-state index contributed by atoms with van der Waals surface area (Å²) in [6.45, 7) is 1.83. The third-order valence-corrected chi connectivity index (χ3v) is 6.48. The van der Waals surface area contributed by atoms with Gasteiger partial charge in [0.25, 0.3) is 5.91 Å². The smallest absolute Gasteiger partial charge is 0.254 e. The summed E-state index contributed by atoms with van der Waals surface area (Å²) in [5.74, 6) is -0.259. The van der Waals surface area contributed by atoms with Crippen molar-refractivity contribution in [3.05, 3.63) is 59.7 Å². The van der Waals surface area contributed by atoms with Gasteiger partial charge in [-0.25, -0.2) is 16.8 Å². The summed E-state index contributed by atoms with van der Waals surface area (Å²) in [6, 6.07) is 11.9. The van der Waals surface area contributed by atoms with E-state index in [9.17, 15) is 21.6 Å². The molecule has 0 unspecified atom stereocenters. The Morgan fingerprint density at radius 3 is 1.58 bits per heavy atom. The van der Waals surface area contributed by atoms with Crippen LogP contribution in [-0.2, 0) is 19.7 Å². The van der Waals surface area contributed by atoms with E-state index in [0.717, 1.165) is 18.1 Å². The lowest BCUT2D eigenvalue weighted by atomic mass is 10.1. The van der Waals surface area contributed by atoms with Crippen molar-refractivity contribution in [3.63, 3.8) is 0 Å². The van der Waals surface area contributed by atoms with E-state index in [1.54, 1.807) is 19.2 Å². The van der Waals surface area contributed by atoms with Gasteiger partial charge in [0.15, 0.2) is 19.7 Å². The number of benzene rings is 2. The zero-order valence-electron chi connectivity index (χ0n) is 15.0. The Morgan fingerprint density at radius 1 is 0.808 bits per heavy atom. The zero-order valence-corrected chi connectivity index (χ0v) is 16.6. The number of amides is 1. The van der Waals surface area contributed by atoms with E-state index < -0.39 is 19.7 Å². The van der Waals surface area contributed by atoms with Gasteiger partial charge in [-0.05, 0) is 48.9 Å². The van der Waals surface area contributed by atoms with Crippen LogP contribution in [0.1, 0.15) is 28.9 Å². The van der Waals surface area contributed by atoms with Gasteiger partial charge in [-0.3, -0.25) is 4.79 Å². The van der Waals surface area contributed by atoms with E-state index in [0.29, 0.717) is 5.56 Å². The summed E-state index contributed by atoms with van der Waals surface area (Å²) < 4.78 is 46.1. The second-order valence-electron chi connectivity index (χ2n) is 6.23. The van der Waals surface area contributed by atoms with Crippen molar-refractivity contribution in [2.75, 3.05) is 19.6 Å². The van der Waals surface area contributed by atoms with Crippen molar-refractivity contribution < 1.29 is 21.6 Å². The second-order valence-corrected chi connectivity index (χ2v) is 10.3. The fourth-order valence-corrected chi connectivity index (χ4v) is 3.70. The largest absolute Gasteiger partial charge is 0.335 e. The lowest BCUT2D eigenvalue weighted by Crippen LogP contribution is -2.29. The minimum Gasteiger partial charge on any atom is -0.335 e. The Labute approximate surface area is 154 Å². The highest BCUT2D eigenvalue weighted by Gasteiger charge is 2.20. The van der Waals surface area contributed by atoms with Crippen LogP contribution in [0.15, 0.2) is 58.3 Å². The average molecular weight is 396 g/mol. The molecule has 1 atom stereocenters. The van der Waals surface area contributed by atoms with Crippen molar-refractivity contribution in [2.24, 2.45) is 0 Å². The summed E-state index contributed by atoms with van der Waals surface area (Å²) >= 11 is 0. The summed E-state index contributed by atoms with van der Waals surface area (Å²) in [5, 5.41) is 0. The third-order valence-electron chi connectivity index (χ3n) is 4.22. The number of nitrogens with zero attached hydrogens (tertiary/aromatic N) is 1. The average Bonchev–Trinajstić information content (AvgIpc) is 2.58. The normalized spacial score (nSPS) is 13.2. The molecule has 0 heterocycles. The predicted molar refractivity (Wildman–Crippen MR) is 99.6 cm³/mol. The molecule has 0 bridgehead atoms. The first-order valence-corrected chi connectivity index (χ1v) is 11.6. The highest BCUT2D eigenvalue weighted by Crippen LogP contribution is 2.23. The standard InChI is InChI=1S/C18H21NO5S2/c1-13(14-5-9-16(10-6-14)25(3,21)22)19(2)18(20)15-7-11-17(12-8-15)26(4,23)24/h5-13H,1-4H3/t13-/m0/s1. The van der Waals surface area contributed by atoms with Crippen LogP contribution in [-0.4, -0.2) is 47.2 Å². The Kier molecular flexibility index (Phi) is 5.58. The van der Waals surface area contributed by atoms with Crippen LogP contribution >= 0.6 is 0 Å². The summed E-state index contributed by atoms with van der Waals surface area (Å²) in [5.41, 5.74) is 1.17. The van der Waals surface area contributed by atoms with Crippen LogP contribution in [0.2, 0.25) is 0 Å². The molecule has 0 aliphatic heterocycles. The molecule has 0 aliphatic rings. The first-order valence-electron chi connectivity index (χ1n) is 7.78. The van der Waals surface area contributed by atoms with Gasteiger partial charge in [0.1, 0.15) is 0 Å². The highest BCUT2D eigenvalue weighted by atomic mass is 32.2. The fourth-order valence-electron chi connectivity index (χ4n) is 2.44. The van der Waals surface area contributed by atoms with Crippen LogP contribution in [0, 0.1) is 0 Å². The van der Waals surface area contributed by atoms with Crippen LogP contribution in [0.4, 0.5) is 0 Å². The summed E-state index contributed by atoms with van der Waals surface area (Å²) in [6.07, 6.45) is 2.25. The minimum absolute atomic E-state index is 0.154. The minimum atomic E-state index is -3.32. The third kappa shape index (κ3) is 4.50. The molecule has 6 nitrogen and oxygen atoms in total. The molecule has 26 heavy (non-hydrogen) atoms. The number of hydrogen-bond donors (Lipinski definition) is 0. The van der Waals surface area contributed by atoms with Gasteiger partial charge < -0.3 is 4.90 Å². The zero-order chi connectivity index (χ0) is 19.7. The molecule has 2 aromatic rings. The van der Waals surface area contributed by atoms with Crippen LogP contribution in [0.5, 0.6) is 0 Å². The molecule has 8 heteroatoms. The van der Waals surface area contributed by atoms with Gasteiger partial charge in [0.2, 0.25) is 0 Å². The molecule has 140 valence electrons. The van der Waals surface area contributed by atoms with E-state index in [-0.39, 0.29) is 21.7 Å². The molecule has 0 saturated carbocycles. The molecule has 0 fully saturated rings. The highest BCUT2D eigenvalue weighted by molar-refractivity contribution is 7.91. The van der Waals surface area contributed by atoms with Crippen LogP contribution < -0.4 is 0 Å². The fraction of sp³-hybridized carbons (Fsp3) is 0.278. The number of carbonyl (C=O) groups excluding carboxylic acids is 1. The van der Waals surface area contributed by atoms with E-state index in [1.807, 2.05) is 6.92 Å². The Bertz CT molecular complexity index is 1010. The molecular formula is C18H21NO5S2. The van der Waals surface area contributed by atoms with Crippen molar-refractivity contribution >= 4 is 25.6 Å². The lowest BCUT2D eigenvalue weighted by molar-refractivity contribution is 0.0742. The molecule has 0 spiro atoms. The van der Waals surface area contributed by atoms with Gasteiger partial charge >= 0.3 is 0 Å². The topological polar surface area (TPSA) is 88.6 Å². The molecule has 1 amide bonds. The maximum atomic E-state index is 12.6.